The third kappa shape index (κ3) is 11.6. The smallest absolute Gasteiger partial charge is 0.0702 e. The van der Waals surface area contributed by atoms with Crippen LogP contribution in [-0.2, 0) is 6.42 Å². The minimum atomic E-state index is 1.01. The van der Waals surface area contributed by atoms with Crippen molar-refractivity contribution in [2.45, 2.75) is 12.8 Å². The minimum absolute atomic E-state index is 1.01. The second-order valence-electron chi connectivity index (χ2n) is 27.4. The molecule has 0 N–H and O–H groups in total. The number of aromatic nitrogens is 1. The minimum Gasteiger partial charge on any atom is -0.310 e. The molecule has 0 bridgehead atoms. The molecule has 1 aliphatic carbocycles. The molecule has 0 saturated heterocycles. The lowest BCUT2D eigenvalue weighted by Gasteiger charge is -2.31. The normalized spacial score (nSPS) is 11.9. The summed E-state index contributed by atoms with van der Waals surface area (Å²) in [4.78, 5) is 4.95. The first-order valence-corrected chi connectivity index (χ1v) is 36.4. The highest BCUT2D eigenvalue weighted by atomic mass is 15.2. The van der Waals surface area contributed by atoms with E-state index in [4.69, 9.17) is 0 Å². The summed E-state index contributed by atoms with van der Waals surface area (Å²) >= 11 is 0. The van der Waals surface area contributed by atoms with Gasteiger partial charge in [0.2, 0.25) is 0 Å². The Morgan fingerprint density at radius 1 is 0.229 bits per heavy atom. The van der Waals surface area contributed by atoms with Gasteiger partial charge in [0, 0.05) is 39.0 Å². The third-order valence-corrected chi connectivity index (χ3v) is 21.3. The van der Waals surface area contributed by atoms with Crippen LogP contribution in [0, 0.1) is 0 Å². The molecule has 3 heteroatoms. The fraction of sp³-hybridized carbons (Fsp3) is 0.0196. The van der Waals surface area contributed by atoms with E-state index in [9.17, 15) is 0 Å². The molecule has 1 aromatic heterocycles. The van der Waals surface area contributed by atoms with Crippen molar-refractivity contribution in [3.05, 3.63) is 412 Å². The predicted molar refractivity (Wildman–Crippen MR) is 446 cm³/mol. The molecule has 3 nitrogen and oxygen atoms in total. The zero-order valence-corrected chi connectivity index (χ0v) is 57.9. The number of anilines is 6. The highest BCUT2D eigenvalue weighted by Crippen LogP contribution is 2.50. The standard InChI is InChI=1S/C102H71N3/c1-4-24-70(25-5-1)72-50-58-84(59-51-72)103(101-68-81(56-64-92(101)77-26-6-2-7-27-77)89-40-22-33-75-30-10-13-35-87(75)89)85-62-54-79(55-63-85)96-67-83(66-80-32-12-15-37-91(80)96)74-48-46-71(47-49-74)73-52-60-86(61-53-73)104(99-44-20-21-45-100(99)105-97-42-18-16-38-94(97)95-39-17-19-43-98(95)105)102-69-82(57-65-93(102)78-28-8-3-9-29-78)90-41-23-34-76-31-11-14-36-88(76)90/h1-13,15-35,37-69H,14,36H2. The van der Waals surface area contributed by atoms with Gasteiger partial charge < -0.3 is 14.4 Å². The molecule has 0 atom stereocenters. The Labute approximate surface area is 613 Å². The fourth-order valence-corrected chi connectivity index (χ4v) is 16.2. The number of hydrogen-bond acceptors (Lipinski definition) is 2. The summed E-state index contributed by atoms with van der Waals surface area (Å²) < 4.78 is 2.46. The lowest BCUT2D eigenvalue weighted by Crippen LogP contribution is -2.14. The Balaban J connectivity index is 0.697. The molecule has 105 heavy (non-hydrogen) atoms. The zero-order chi connectivity index (χ0) is 69.6. The molecule has 0 radical (unpaired) electrons. The van der Waals surface area contributed by atoms with E-state index in [0.29, 0.717) is 0 Å². The number of fused-ring (bicyclic) bond motifs is 6. The molecule has 17 aromatic carbocycles. The molecule has 0 saturated carbocycles. The quantitative estimate of drug-likeness (QED) is 0.101. The summed E-state index contributed by atoms with van der Waals surface area (Å²) in [7, 11) is 0. The highest BCUT2D eigenvalue weighted by Gasteiger charge is 2.26. The number of hydrogen-bond donors (Lipinski definition) is 0. The first kappa shape index (κ1) is 62.4. The summed E-state index contributed by atoms with van der Waals surface area (Å²) in [6, 6.07) is 145. The monoisotopic (exact) mass is 1340 g/mol. The van der Waals surface area contributed by atoms with E-state index >= 15 is 0 Å². The van der Waals surface area contributed by atoms with Crippen molar-refractivity contribution in [1.82, 2.24) is 4.57 Å². The molecule has 1 heterocycles. The second kappa shape index (κ2) is 27.1. The Kier molecular flexibility index (Phi) is 16.1. The number of benzene rings is 17. The van der Waals surface area contributed by atoms with Crippen molar-refractivity contribution in [2.75, 3.05) is 9.80 Å². The van der Waals surface area contributed by atoms with Crippen LogP contribution < -0.4 is 9.80 Å². The van der Waals surface area contributed by atoms with E-state index in [-0.39, 0.29) is 0 Å². The molecule has 1 aliphatic rings. The Bertz CT molecular complexity index is 6230. The van der Waals surface area contributed by atoms with Crippen LogP contribution in [0.1, 0.15) is 17.5 Å². The van der Waals surface area contributed by atoms with Crippen molar-refractivity contribution in [3.63, 3.8) is 0 Å². The summed E-state index contributed by atoms with van der Waals surface area (Å²) in [5.74, 6) is 0. The van der Waals surface area contributed by atoms with Gasteiger partial charge in [0.1, 0.15) is 0 Å². The number of para-hydroxylation sites is 4. The van der Waals surface area contributed by atoms with Gasteiger partial charge in [-0.3, -0.25) is 0 Å². The van der Waals surface area contributed by atoms with Gasteiger partial charge >= 0.3 is 0 Å². The fourth-order valence-electron chi connectivity index (χ4n) is 16.2. The molecule has 0 unspecified atom stereocenters. The van der Waals surface area contributed by atoms with Gasteiger partial charge in [-0.05, 0) is 208 Å². The number of allylic oxidation sites excluding steroid dienone is 1. The largest absolute Gasteiger partial charge is 0.310 e. The van der Waals surface area contributed by atoms with Crippen LogP contribution in [0.3, 0.4) is 0 Å². The first-order chi connectivity index (χ1) is 52.1. The first-order valence-electron chi connectivity index (χ1n) is 36.4. The maximum atomic E-state index is 2.51. The van der Waals surface area contributed by atoms with E-state index in [2.05, 4.69) is 421 Å². The van der Waals surface area contributed by atoms with E-state index in [1.165, 1.54) is 76.8 Å². The topological polar surface area (TPSA) is 11.4 Å². The van der Waals surface area contributed by atoms with Crippen molar-refractivity contribution in [1.29, 1.82) is 0 Å². The van der Waals surface area contributed by atoms with Crippen LogP contribution >= 0.6 is 0 Å². The number of nitrogens with zero attached hydrogens (tertiary/aromatic N) is 3. The van der Waals surface area contributed by atoms with Crippen molar-refractivity contribution in [2.24, 2.45) is 0 Å². The maximum Gasteiger partial charge on any atom is 0.0702 e. The van der Waals surface area contributed by atoms with Gasteiger partial charge in [-0.25, -0.2) is 0 Å². The Hall–Kier alpha value is -13.6. The zero-order valence-electron chi connectivity index (χ0n) is 57.9. The van der Waals surface area contributed by atoms with Crippen molar-refractivity contribution < 1.29 is 0 Å². The highest BCUT2D eigenvalue weighted by molar-refractivity contribution is 6.10. The molecule has 18 aromatic rings. The summed E-state index contributed by atoms with van der Waals surface area (Å²) in [6.45, 7) is 0. The molecule has 0 aliphatic heterocycles. The summed E-state index contributed by atoms with van der Waals surface area (Å²) in [5, 5.41) is 7.30. The van der Waals surface area contributed by atoms with Crippen LogP contribution in [-0.4, -0.2) is 4.57 Å². The molecule has 0 amide bonds. The predicted octanol–water partition coefficient (Wildman–Crippen LogP) is 28.3. The van der Waals surface area contributed by atoms with Gasteiger partial charge in [-0.15, -0.1) is 0 Å². The summed E-state index contributed by atoms with van der Waals surface area (Å²) in [5.41, 5.74) is 31.3. The van der Waals surface area contributed by atoms with Gasteiger partial charge in [-0.1, -0.05) is 322 Å². The average Bonchev–Trinajstić information content (AvgIpc) is 1.70. The lowest BCUT2D eigenvalue weighted by atomic mass is 9.88. The van der Waals surface area contributed by atoms with Crippen molar-refractivity contribution >= 4 is 83.6 Å². The van der Waals surface area contributed by atoms with Crippen molar-refractivity contribution in [3.8, 4) is 94.7 Å². The van der Waals surface area contributed by atoms with Crippen LogP contribution in [0.15, 0.2) is 400 Å². The van der Waals surface area contributed by atoms with Crippen LogP contribution in [0.5, 0.6) is 0 Å². The SMILES string of the molecule is C1=Cc2cccc(-c3ccc(-c4ccccc4)c(N(c4ccc(-c5ccc(-c6cc(-c7ccc(N(c8ccc(-c9ccccc9)cc8)c8cc(-c9cccc%10ccccc9%10)ccc8-c8ccccc8)cc7)c7ccccc7c6)cc5)cc4)c4ccccc4-n4c5ccccc5c5ccccc54)c3)c2CC1. The Morgan fingerprint density at radius 3 is 1.25 bits per heavy atom. The maximum absolute atomic E-state index is 2.51. The molecule has 19 rings (SSSR count). The van der Waals surface area contributed by atoms with Gasteiger partial charge in [0.25, 0.3) is 0 Å². The van der Waals surface area contributed by atoms with Crippen LogP contribution in [0.25, 0.3) is 144 Å². The average molecular weight is 1340 g/mol. The van der Waals surface area contributed by atoms with Gasteiger partial charge in [-0.2, -0.15) is 0 Å². The Morgan fingerprint density at radius 2 is 0.638 bits per heavy atom. The number of rotatable bonds is 15. The molecule has 0 spiro atoms. The van der Waals surface area contributed by atoms with Crippen LogP contribution in [0.2, 0.25) is 0 Å². The second-order valence-corrected chi connectivity index (χ2v) is 27.4. The van der Waals surface area contributed by atoms with E-state index in [0.717, 1.165) is 119 Å². The molecular formula is C102H71N3. The molecule has 0 fully saturated rings. The van der Waals surface area contributed by atoms with E-state index in [1.807, 2.05) is 0 Å². The van der Waals surface area contributed by atoms with Crippen LogP contribution in [0.4, 0.5) is 34.1 Å². The third-order valence-electron chi connectivity index (χ3n) is 21.3. The summed E-state index contributed by atoms with van der Waals surface area (Å²) in [6.07, 6.45) is 6.63. The van der Waals surface area contributed by atoms with E-state index in [1.54, 1.807) is 0 Å². The van der Waals surface area contributed by atoms with Gasteiger partial charge in [0.05, 0.1) is 33.8 Å². The van der Waals surface area contributed by atoms with E-state index < -0.39 is 0 Å². The molecule has 494 valence electrons. The van der Waals surface area contributed by atoms with Gasteiger partial charge in [0.15, 0.2) is 0 Å². The lowest BCUT2D eigenvalue weighted by molar-refractivity contribution is 0.988. The molecular weight excluding hydrogens is 1270 g/mol.